The maximum absolute atomic E-state index is 12.8. The van der Waals surface area contributed by atoms with Gasteiger partial charge in [0.15, 0.2) is 0 Å². The van der Waals surface area contributed by atoms with Gasteiger partial charge in [0.25, 0.3) is 0 Å². The molecule has 0 heterocycles. The first-order valence-electron chi connectivity index (χ1n) is 24.9. The van der Waals surface area contributed by atoms with Crippen LogP contribution >= 0.6 is 0 Å². The lowest BCUT2D eigenvalue weighted by Gasteiger charge is -2.15. The molecule has 348 valence electrons. The molecule has 60 heavy (non-hydrogen) atoms. The molecule has 0 aliphatic heterocycles. The molecule has 0 bridgehead atoms. The predicted molar refractivity (Wildman–Crippen MR) is 250 cm³/mol. The van der Waals surface area contributed by atoms with Gasteiger partial charge in [-0.25, -0.2) is 4.79 Å². The summed E-state index contributed by atoms with van der Waals surface area (Å²) in [5, 5.41) is 22.5. The Morgan fingerprint density at radius 3 is 1.38 bits per heavy atom. The van der Waals surface area contributed by atoms with Crippen LogP contribution in [0.5, 0.6) is 0 Å². The summed E-state index contributed by atoms with van der Waals surface area (Å²) in [5.41, 5.74) is 0. The molecule has 0 radical (unpaired) electrons. The third-order valence-corrected chi connectivity index (χ3v) is 11.1. The van der Waals surface area contributed by atoms with Gasteiger partial charge in [-0.1, -0.05) is 211 Å². The summed E-state index contributed by atoms with van der Waals surface area (Å²) < 4.78 is 5.93. The van der Waals surface area contributed by atoms with Crippen molar-refractivity contribution in [2.45, 2.75) is 251 Å². The Labute approximate surface area is 367 Å². The number of hydrogen-bond acceptors (Lipinski definition) is 6. The topological polar surface area (TPSA) is 142 Å². The lowest BCUT2D eigenvalue weighted by Crippen LogP contribution is -2.47. The number of unbranched alkanes of at least 4 members (excludes halogenated alkanes) is 27. The average molecular weight is 845 g/mol. The molecule has 4 N–H and O–H groups in total. The van der Waals surface area contributed by atoms with Crippen molar-refractivity contribution in [3.05, 3.63) is 36.5 Å². The number of esters is 1. The van der Waals surface area contributed by atoms with Crippen LogP contribution in [0.1, 0.15) is 239 Å². The average Bonchev–Trinajstić information content (AvgIpc) is 3.23. The van der Waals surface area contributed by atoms with Gasteiger partial charge in [0.2, 0.25) is 11.8 Å². The molecule has 9 heteroatoms. The number of carboxylic acid groups (broad SMARTS) is 1. The van der Waals surface area contributed by atoms with Crippen molar-refractivity contribution in [1.29, 1.82) is 0 Å². The standard InChI is InChI=1S/C51H92N2O7/c1-3-5-7-9-11-13-14-15-16-17-18-19-20-21-22-23-24-25-26-27-29-35-39-43-50(57)60-46(40-36-32-28-12-10-8-6-4-2)41-37-33-30-31-34-38-42-48(55)52-44-49(56)53-47(45-54)51(58)59/h6,8,12,28,36,40,46-47,54H,3-5,7,9-11,13-27,29-35,37-39,41-45H2,1-2H3,(H,52,55)(H,53,56)(H,58,59)/b8-6-,28-12-,40-36-. The van der Waals surface area contributed by atoms with Crippen molar-refractivity contribution in [2.75, 3.05) is 13.2 Å². The summed E-state index contributed by atoms with van der Waals surface area (Å²) >= 11 is 0. The molecule has 2 amide bonds. The number of ether oxygens (including phenoxy) is 1. The summed E-state index contributed by atoms with van der Waals surface area (Å²) in [4.78, 5) is 47.5. The van der Waals surface area contributed by atoms with Crippen molar-refractivity contribution in [3.8, 4) is 0 Å². The first-order valence-corrected chi connectivity index (χ1v) is 24.9. The van der Waals surface area contributed by atoms with E-state index in [1.165, 1.54) is 135 Å². The molecular weight excluding hydrogens is 753 g/mol. The highest BCUT2D eigenvalue weighted by molar-refractivity contribution is 5.87. The number of aliphatic hydroxyl groups excluding tert-OH is 1. The van der Waals surface area contributed by atoms with Gasteiger partial charge in [-0.15, -0.1) is 0 Å². The molecule has 0 fully saturated rings. The maximum Gasteiger partial charge on any atom is 0.328 e. The van der Waals surface area contributed by atoms with Crippen molar-refractivity contribution in [3.63, 3.8) is 0 Å². The normalized spacial score (nSPS) is 12.7. The Kier molecular flexibility index (Phi) is 43.4. The zero-order valence-electron chi connectivity index (χ0n) is 38.7. The molecule has 0 saturated heterocycles. The second-order valence-electron chi connectivity index (χ2n) is 16.9. The zero-order valence-corrected chi connectivity index (χ0v) is 38.7. The smallest absolute Gasteiger partial charge is 0.328 e. The largest absolute Gasteiger partial charge is 0.480 e. The highest BCUT2D eigenvalue weighted by Crippen LogP contribution is 2.17. The molecular formula is C51H92N2O7. The number of aliphatic carboxylic acids is 1. The fraction of sp³-hybridized carbons (Fsp3) is 0.804. The zero-order chi connectivity index (χ0) is 44.0. The van der Waals surface area contributed by atoms with E-state index < -0.39 is 24.5 Å². The lowest BCUT2D eigenvalue weighted by atomic mass is 10.0. The molecule has 0 aromatic rings. The molecule has 2 atom stereocenters. The molecule has 0 aromatic carbocycles. The van der Waals surface area contributed by atoms with E-state index in [1.807, 2.05) is 6.08 Å². The Balaban J connectivity index is 4.07. The number of nitrogens with one attached hydrogen (secondary N) is 2. The Morgan fingerprint density at radius 2 is 0.933 bits per heavy atom. The van der Waals surface area contributed by atoms with Crippen molar-refractivity contribution < 1.29 is 34.1 Å². The molecule has 0 aliphatic carbocycles. The van der Waals surface area contributed by atoms with Crippen LogP contribution in [-0.4, -0.2) is 59.3 Å². The van der Waals surface area contributed by atoms with Crippen molar-refractivity contribution in [1.82, 2.24) is 10.6 Å². The molecule has 9 nitrogen and oxygen atoms in total. The molecule has 0 rings (SSSR count). The highest BCUT2D eigenvalue weighted by Gasteiger charge is 2.18. The van der Waals surface area contributed by atoms with Gasteiger partial charge >= 0.3 is 11.9 Å². The van der Waals surface area contributed by atoms with Crippen molar-refractivity contribution >= 4 is 23.8 Å². The van der Waals surface area contributed by atoms with Crippen LogP contribution in [-0.2, 0) is 23.9 Å². The van der Waals surface area contributed by atoms with Crippen LogP contribution in [0.25, 0.3) is 0 Å². The molecule has 0 aliphatic rings. The summed E-state index contributed by atoms with van der Waals surface area (Å²) in [6.45, 7) is 3.38. The monoisotopic (exact) mass is 845 g/mol. The minimum absolute atomic E-state index is 0.0979. The van der Waals surface area contributed by atoms with E-state index in [1.54, 1.807) is 0 Å². The van der Waals surface area contributed by atoms with Crippen LogP contribution in [0.2, 0.25) is 0 Å². The summed E-state index contributed by atoms with van der Waals surface area (Å²) in [5.74, 6) is -2.35. The van der Waals surface area contributed by atoms with Gasteiger partial charge in [-0.3, -0.25) is 14.4 Å². The second-order valence-corrected chi connectivity index (χ2v) is 16.9. The van der Waals surface area contributed by atoms with E-state index in [-0.39, 0.29) is 24.5 Å². The van der Waals surface area contributed by atoms with Crippen molar-refractivity contribution in [2.24, 2.45) is 0 Å². The fourth-order valence-corrected chi connectivity index (χ4v) is 7.36. The molecule has 2 unspecified atom stereocenters. The van der Waals surface area contributed by atoms with E-state index in [9.17, 15) is 19.2 Å². The first-order chi connectivity index (χ1) is 29.3. The Bertz CT molecular complexity index is 1110. The minimum Gasteiger partial charge on any atom is -0.480 e. The quantitative estimate of drug-likeness (QED) is 0.0272. The number of amides is 2. The number of allylic oxidation sites excluding steroid dienone is 5. The van der Waals surface area contributed by atoms with Crippen LogP contribution in [0.15, 0.2) is 36.5 Å². The third-order valence-electron chi connectivity index (χ3n) is 11.1. The lowest BCUT2D eigenvalue weighted by molar-refractivity contribution is -0.147. The number of hydrogen-bond donors (Lipinski definition) is 4. The van der Waals surface area contributed by atoms with Crippen LogP contribution in [0, 0.1) is 0 Å². The van der Waals surface area contributed by atoms with E-state index in [0.717, 1.165) is 70.6 Å². The van der Waals surface area contributed by atoms with Gasteiger partial charge in [0.1, 0.15) is 12.1 Å². The number of rotatable bonds is 45. The van der Waals surface area contributed by atoms with E-state index in [2.05, 4.69) is 54.9 Å². The molecule has 0 spiro atoms. The van der Waals surface area contributed by atoms with E-state index >= 15 is 0 Å². The van der Waals surface area contributed by atoms with E-state index in [4.69, 9.17) is 14.9 Å². The SMILES string of the molecule is CC/C=C\C/C=C\C/C=C\C(CCCCCCCCC(=O)NCC(=O)NC(CO)C(=O)O)OC(=O)CCCCCCCCCCCCCCCCCCCCCCCCC. The number of carboxylic acids is 1. The predicted octanol–water partition coefficient (Wildman–Crippen LogP) is 12.9. The minimum atomic E-state index is -1.38. The van der Waals surface area contributed by atoms with Crippen LogP contribution < -0.4 is 10.6 Å². The van der Waals surface area contributed by atoms with Gasteiger partial charge in [0.05, 0.1) is 13.2 Å². The maximum atomic E-state index is 12.8. The van der Waals surface area contributed by atoms with Gasteiger partial charge in [-0.2, -0.15) is 0 Å². The summed E-state index contributed by atoms with van der Waals surface area (Å²) in [6.07, 6.45) is 53.7. The third kappa shape index (κ3) is 41.8. The number of aliphatic hydroxyl groups is 1. The fourth-order valence-electron chi connectivity index (χ4n) is 7.36. The highest BCUT2D eigenvalue weighted by atomic mass is 16.5. The summed E-state index contributed by atoms with van der Waals surface area (Å²) in [7, 11) is 0. The molecule has 0 saturated carbocycles. The number of carbonyl (C=O) groups is 4. The van der Waals surface area contributed by atoms with Gasteiger partial charge in [-0.05, 0) is 51.0 Å². The van der Waals surface area contributed by atoms with Crippen LogP contribution in [0.3, 0.4) is 0 Å². The number of carbonyl (C=O) groups excluding carboxylic acids is 3. The van der Waals surface area contributed by atoms with Crippen LogP contribution in [0.4, 0.5) is 0 Å². The Morgan fingerprint density at radius 1 is 0.517 bits per heavy atom. The Hall–Kier alpha value is -2.94. The molecule has 0 aromatic heterocycles. The van der Waals surface area contributed by atoms with E-state index in [0.29, 0.717) is 19.3 Å². The van der Waals surface area contributed by atoms with Gasteiger partial charge < -0.3 is 25.6 Å². The first kappa shape index (κ1) is 57.1. The summed E-state index contributed by atoms with van der Waals surface area (Å²) in [6, 6.07) is -1.38. The second kappa shape index (κ2) is 45.6. The van der Waals surface area contributed by atoms with Gasteiger partial charge in [0, 0.05) is 12.8 Å².